The van der Waals surface area contributed by atoms with Gasteiger partial charge in [0.15, 0.2) is 0 Å². The number of carbonyl (C=O) groups excluding carboxylic acids is 1. The van der Waals surface area contributed by atoms with Crippen LogP contribution in [-0.4, -0.2) is 30.1 Å². The van der Waals surface area contributed by atoms with Gasteiger partial charge in [-0.2, -0.15) is 0 Å². The Balaban J connectivity index is 1.97. The van der Waals surface area contributed by atoms with Crippen molar-refractivity contribution in [2.45, 2.75) is 64.2 Å². The van der Waals surface area contributed by atoms with Gasteiger partial charge in [0.05, 0.1) is 11.8 Å². The summed E-state index contributed by atoms with van der Waals surface area (Å²) in [6.07, 6.45) is 9.09. The summed E-state index contributed by atoms with van der Waals surface area (Å²) >= 11 is 0. The molecule has 0 unspecified atom stereocenters. The minimum atomic E-state index is -0.763. The zero-order valence-electron chi connectivity index (χ0n) is 12.8. The summed E-state index contributed by atoms with van der Waals surface area (Å²) in [5.41, 5.74) is 5.18. The van der Waals surface area contributed by atoms with Crippen LogP contribution in [0, 0.1) is 10.8 Å². The van der Waals surface area contributed by atoms with Gasteiger partial charge >= 0.3 is 5.97 Å². The molecule has 2 aliphatic carbocycles. The Morgan fingerprint density at radius 3 is 2.10 bits per heavy atom. The average molecular weight is 296 g/mol. The molecule has 0 aromatic carbocycles. The molecular formula is C16H28N2O3. The van der Waals surface area contributed by atoms with Gasteiger partial charge in [-0.05, 0) is 31.1 Å². The second-order valence-electron chi connectivity index (χ2n) is 7.01. The number of hydrogen-bond donors (Lipinski definition) is 3. The van der Waals surface area contributed by atoms with Crippen molar-refractivity contribution in [1.82, 2.24) is 5.32 Å². The summed E-state index contributed by atoms with van der Waals surface area (Å²) in [5.74, 6) is -0.724. The summed E-state index contributed by atoms with van der Waals surface area (Å²) in [6.45, 7) is 0.880. The third kappa shape index (κ3) is 3.76. The third-order valence-corrected chi connectivity index (χ3v) is 5.50. The molecule has 0 saturated heterocycles. The maximum Gasteiger partial charge on any atom is 0.303 e. The normalized spacial score (nSPS) is 23.7. The maximum absolute atomic E-state index is 12.5. The number of carboxylic acids is 1. The van der Waals surface area contributed by atoms with Gasteiger partial charge < -0.3 is 16.2 Å². The molecule has 2 fully saturated rings. The molecule has 2 rings (SSSR count). The molecule has 0 aromatic rings. The topological polar surface area (TPSA) is 92.4 Å². The Morgan fingerprint density at radius 1 is 1.00 bits per heavy atom. The van der Waals surface area contributed by atoms with Crippen molar-refractivity contribution in [3.8, 4) is 0 Å². The zero-order chi connectivity index (χ0) is 15.3. The van der Waals surface area contributed by atoms with Crippen molar-refractivity contribution in [2.75, 3.05) is 13.1 Å². The monoisotopic (exact) mass is 296 g/mol. The standard InChI is InChI=1S/C16H28N2O3/c17-11-16(8-4-5-9-16)14(21)18-12-15(10-13(19)20)6-2-1-3-7-15/h1-12,17H2,(H,18,21)(H,19,20). The van der Waals surface area contributed by atoms with Gasteiger partial charge in [-0.1, -0.05) is 32.1 Å². The van der Waals surface area contributed by atoms with E-state index in [2.05, 4.69) is 5.32 Å². The highest BCUT2D eigenvalue weighted by Gasteiger charge is 2.41. The first-order chi connectivity index (χ1) is 10.0. The molecule has 5 heteroatoms. The first kappa shape index (κ1) is 16.3. The van der Waals surface area contributed by atoms with E-state index in [4.69, 9.17) is 5.73 Å². The molecule has 0 heterocycles. The van der Waals surface area contributed by atoms with Crippen molar-refractivity contribution in [3.63, 3.8) is 0 Å². The number of aliphatic carboxylic acids is 1. The summed E-state index contributed by atoms with van der Waals surface area (Å²) in [6, 6.07) is 0. The molecule has 0 aliphatic heterocycles. The van der Waals surface area contributed by atoms with Gasteiger partial charge in [0, 0.05) is 13.1 Å². The van der Waals surface area contributed by atoms with Gasteiger partial charge in [0.1, 0.15) is 0 Å². The highest BCUT2D eigenvalue weighted by Crippen LogP contribution is 2.40. The number of amides is 1. The number of carboxylic acid groups (broad SMARTS) is 1. The molecule has 1 amide bonds. The lowest BCUT2D eigenvalue weighted by molar-refractivity contribution is -0.141. The van der Waals surface area contributed by atoms with E-state index >= 15 is 0 Å². The minimum Gasteiger partial charge on any atom is -0.481 e. The van der Waals surface area contributed by atoms with Crippen molar-refractivity contribution in [1.29, 1.82) is 0 Å². The zero-order valence-corrected chi connectivity index (χ0v) is 12.8. The predicted octanol–water partition coefficient (Wildman–Crippen LogP) is 2.05. The Kier molecular flexibility index (Phi) is 5.25. The molecule has 0 radical (unpaired) electrons. The van der Waals surface area contributed by atoms with E-state index in [0.717, 1.165) is 51.4 Å². The van der Waals surface area contributed by atoms with Gasteiger partial charge in [0.25, 0.3) is 0 Å². The van der Waals surface area contributed by atoms with Crippen LogP contribution in [0.15, 0.2) is 0 Å². The summed E-state index contributed by atoms with van der Waals surface area (Å²) in [5, 5.41) is 12.2. The minimum absolute atomic E-state index is 0.0397. The van der Waals surface area contributed by atoms with Crippen LogP contribution in [0.4, 0.5) is 0 Å². The van der Waals surface area contributed by atoms with Crippen LogP contribution in [-0.2, 0) is 9.59 Å². The molecule has 2 aliphatic rings. The number of carbonyl (C=O) groups is 2. The Hall–Kier alpha value is -1.10. The second kappa shape index (κ2) is 6.77. The van der Waals surface area contributed by atoms with Gasteiger partial charge in [-0.3, -0.25) is 9.59 Å². The van der Waals surface area contributed by atoms with Crippen molar-refractivity contribution in [2.24, 2.45) is 16.6 Å². The third-order valence-electron chi connectivity index (χ3n) is 5.50. The summed E-state index contributed by atoms with van der Waals surface area (Å²) in [4.78, 5) is 23.7. The molecule has 0 aromatic heterocycles. The van der Waals surface area contributed by atoms with Crippen LogP contribution >= 0.6 is 0 Å². The van der Waals surface area contributed by atoms with Gasteiger partial charge in [-0.25, -0.2) is 0 Å². The summed E-state index contributed by atoms with van der Waals surface area (Å²) in [7, 11) is 0. The molecule has 0 atom stereocenters. The predicted molar refractivity (Wildman–Crippen MR) is 80.7 cm³/mol. The van der Waals surface area contributed by atoms with Crippen molar-refractivity contribution >= 4 is 11.9 Å². The fourth-order valence-corrected chi connectivity index (χ4v) is 4.07. The number of hydrogen-bond acceptors (Lipinski definition) is 3. The Labute approximate surface area is 126 Å². The highest BCUT2D eigenvalue weighted by atomic mass is 16.4. The lowest BCUT2D eigenvalue weighted by atomic mass is 9.71. The van der Waals surface area contributed by atoms with Crippen LogP contribution in [0.1, 0.15) is 64.2 Å². The Morgan fingerprint density at radius 2 is 1.57 bits per heavy atom. The summed E-state index contributed by atoms with van der Waals surface area (Å²) < 4.78 is 0. The van der Waals surface area contributed by atoms with E-state index < -0.39 is 11.4 Å². The SMILES string of the molecule is NCC1(C(=O)NCC2(CC(=O)O)CCCCC2)CCCC1. The molecule has 0 bridgehead atoms. The second-order valence-corrected chi connectivity index (χ2v) is 7.01. The quantitative estimate of drug-likeness (QED) is 0.699. The van der Waals surface area contributed by atoms with Crippen molar-refractivity contribution in [3.05, 3.63) is 0 Å². The Bertz CT molecular complexity index is 383. The van der Waals surface area contributed by atoms with E-state index in [0.29, 0.717) is 13.1 Å². The molecule has 0 spiro atoms. The van der Waals surface area contributed by atoms with E-state index in [1.165, 1.54) is 6.42 Å². The molecular weight excluding hydrogens is 268 g/mol. The molecule has 2 saturated carbocycles. The average Bonchev–Trinajstić information content (AvgIpc) is 2.95. The smallest absolute Gasteiger partial charge is 0.303 e. The van der Waals surface area contributed by atoms with Crippen LogP contribution in [0.25, 0.3) is 0 Å². The first-order valence-corrected chi connectivity index (χ1v) is 8.22. The van der Waals surface area contributed by atoms with E-state index in [-0.39, 0.29) is 17.7 Å². The molecule has 120 valence electrons. The van der Waals surface area contributed by atoms with Crippen molar-refractivity contribution < 1.29 is 14.7 Å². The fourth-order valence-electron chi connectivity index (χ4n) is 4.07. The molecule has 5 nitrogen and oxygen atoms in total. The maximum atomic E-state index is 12.5. The largest absolute Gasteiger partial charge is 0.481 e. The fraction of sp³-hybridized carbons (Fsp3) is 0.875. The highest BCUT2D eigenvalue weighted by molar-refractivity contribution is 5.83. The first-order valence-electron chi connectivity index (χ1n) is 8.22. The van der Waals surface area contributed by atoms with Gasteiger partial charge in [0.2, 0.25) is 5.91 Å². The molecule has 4 N–H and O–H groups in total. The number of rotatable bonds is 6. The van der Waals surface area contributed by atoms with E-state index in [1.54, 1.807) is 0 Å². The number of nitrogens with one attached hydrogen (secondary N) is 1. The lowest BCUT2D eigenvalue weighted by Gasteiger charge is -2.37. The van der Waals surface area contributed by atoms with E-state index in [1.807, 2.05) is 0 Å². The number of nitrogens with two attached hydrogens (primary N) is 1. The van der Waals surface area contributed by atoms with Crippen LogP contribution < -0.4 is 11.1 Å². The van der Waals surface area contributed by atoms with Crippen LogP contribution in [0.5, 0.6) is 0 Å². The van der Waals surface area contributed by atoms with E-state index in [9.17, 15) is 14.7 Å². The van der Waals surface area contributed by atoms with Crippen LogP contribution in [0.3, 0.4) is 0 Å². The molecule has 21 heavy (non-hydrogen) atoms. The van der Waals surface area contributed by atoms with Crippen LogP contribution in [0.2, 0.25) is 0 Å². The lowest BCUT2D eigenvalue weighted by Crippen LogP contribution is -2.48. The van der Waals surface area contributed by atoms with Gasteiger partial charge in [-0.15, -0.1) is 0 Å².